The molecule has 0 saturated carbocycles. The van der Waals surface area contributed by atoms with Crippen LogP contribution in [0.25, 0.3) is 0 Å². The molecule has 2 amide bonds. The summed E-state index contributed by atoms with van der Waals surface area (Å²) in [6.45, 7) is 3.22. The summed E-state index contributed by atoms with van der Waals surface area (Å²) in [5.74, 6) is -0.451. The Bertz CT molecular complexity index is 652. The van der Waals surface area contributed by atoms with Gasteiger partial charge in [-0.05, 0) is 31.2 Å². The minimum atomic E-state index is -0.307. The van der Waals surface area contributed by atoms with Gasteiger partial charge in [-0.25, -0.2) is 4.98 Å². The molecule has 0 aliphatic heterocycles. The molecule has 2 rings (SSSR count). The van der Waals surface area contributed by atoms with Crippen LogP contribution in [0.3, 0.4) is 0 Å². The van der Waals surface area contributed by atoms with Crippen molar-refractivity contribution in [3.05, 3.63) is 39.3 Å². The van der Waals surface area contributed by atoms with Crippen LogP contribution >= 0.6 is 22.9 Å². The molecule has 0 spiro atoms. The molecule has 1 aromatic carbocycles. The molecule has 1 aromatic heterocycles. The van der Waals surface area contributed by atoms with Gasteiger partial charge in [0, 0.05) is 23.2 Å². The fourth-order valence-electron chi connectivity index (χ4n) is 1.61. The second-order valence-corrected chi connectivity index (χ2v) is 5.87. The van der Waals surface area contributed by atoms with Gasteiger partial charge in [-0.2, -0.15) is 0 Å². The van der Waals surface area contributed by atoms with E-state index in [0.29, 0.717) is 21.5 Å². The fourth-order valence-corrected chi connectivity index (χ4v) is 2.66. The van der Waals surface area contributed by atoms with E-state index in [9.17, 15) is 9.59 Å². The molecule has 104 valence electrons. The molecule has 0 aliphatic rings. The van der Waals surface area contributed by atoms with E-state index >= 15 is 0 Å². The van der Waals surface area contributed by atoms with E-state index in [1.165, 1.54) is 18.3 Å². The van der Waals surface area contributed by atoms with Gasteiger partial charge in [0.25, 0.3) is 5.91 Å². The van der Waals surface area contributed by atoms with Crippen molar-refractivity contribution in [2.75, 3.05) is 10.6 Å². The molecule has 7 heteroatoms. The highest BCUT2D eigenvalue weighted by molar-refractivity contribution is 7.15. The number of rotatable bonds is 3. The van der Waals surface area contributed by atoms with Gasteiger partial charge in [-0.15, -0.1) is 11.3 Å². The molecule has 0 fully saturated rings. The first-order chi connectivity index (χ1) is 9.45. The lowest BCUT2D eigenvalue weighted by Gasteiger charge is -2.06. The van der Waals surface area contributed by atoms with Gasteiger partial charge in [-0.1, -0.05) is 11.6 Å². The smallest absolute Gasteiger partial charge is 0.275 e. The number of hydrogen-bond donors (Lipinski definition) is 2. The summed E-state index contributed by atoms with van der Waals surface area (Å²) in [7, 11) is 0. The monoisotopic (exact) mass is 309 g/mol. The minimum absolute atomic E-state index is 0.144. The zero-order valence-corrected chi connectivity index (χ0v) is 12.4. The Morgan fingerprint density at radius 1 is 1.15 bits per heavy atom. The first kappa shape index (κ1) is 14.5. The largest absolute Gasteiger partial charge is 0.326 e. The summed E-state index contributed by atoms with van der Waals surface area (Å²) in [5.41, 5.74) is 1.61. The Morgan fingerprint density at radius 3 is 2.15 bits per heavy atom. The van der Waals surface area contributed by atoms with Crippen molar-refractivity contribution in [3.63, 3.8) is 0 Å². The number of hydrogen-bond acceptors (Lipinski definition) is 4. The van der Waals surface area contributed by atoms with Gasteiger partial charge in [0.1, 0.15) is 5.69 Å². The number of halogens is 1. The van der Waals surface area contributed by atoms with E-state index in [1.54, 1.807) is 31.2 Å². The number of benzene rings is 1. The third kappa shape index (κ3) is 3.55. The molecule has 5 nitrogen and oxygen atoms in total. The Labute approximate surface area is 125 Å². The third-order valence-electron chi connectivity index (χ3n) is 2.45. The lowest BCUT2D eigenvalue weighted by molar-refractivity contribution is -0.114. The average molecular weight is 310 g/mol. The van der Waals surface area contributed by atoms with Crippen LogP contribution in [0.2, 0.25) is 4.47 Å². The lowest BCUT2D eigenvalue weighted by Crippen LogP contribution is -2.13. The number of carbonyl (C=O) groups is 2. The highest BCUT2D eigenvalue weighted by atomic mass is 35.5. The van der Waals surface area contributed by atoms with Crippen molar-refractivity contribution in [1.29, 1.82) is 0 Å². The first-order valence-corrected chi connectivity index (χ1v) is 6.97. The molecule has 0 aliphatic carbocycles. The zero-order valence-electron chi connectivity index (χ0n) is 10.9. The number of aryl methyl sites for hydroxylation is 1. The van der Waals surface area contributed by atoms with Crippen molar-refractivity contribution >= 4 is 46.1 Å². The SMILES string of the molecule is CC(=O)Nc1ccc(NC(=O)c2nc(Cl)sc2C)cc1. The number of thiazole rings is 1. The number of nitrogens with one attached hydrogen (secondary N) is 2. The van der Waals surface area contributed by atoms with Gasteiger partial charge in [-0.3, -0.25) is 9.59 Å². The van der Waals surface area contributed by atoms with E-state index in [0.717, 1.165) is 4.88 Å². The maximum absolute atomic E-state index is 12.0. The maximum Gasteiger partial charge on any atom is 0.275 e. The molecule has 2 aromatic rings. The summed E-state index contributed by atoms with van der Waals surface area (Å²) in [5, 5.41) is 5.38. The van der Waals surface area contributed by atoms with Crippen LogP contribution in [0.5, 0.6) is 0 Å². The molecular weight excluding hydrogens is 298 g/mol. The summed E-state index contributed by atoms with van der Waals surface area (Å²) in [4.78, 5) is 27.7. The van der Waals surface area contributed by atoms with Crippen molar-refractivity contribution in [3.8, 4) is 0 Å². The Balaban J connectivity index is 2.08. The number of carbonyl (C=O) groups excluding carboxylic acids is 2. The van der Waals surface area contributed by atoms with E-state index in [-0.39, 0.29) is 11.8 Å². The van der Waals surface area contributed by atoms with Crippen LogP contribution < -0.4 is 10.6 Å². The average Bonchev–Trinajstić information content (AvgIpc) is 2.70. The Kier molecular flexibility index (Phi) is 4.36. The molecule has 1 heterocycles. The molecule has 0 radical (unpaired) electrons. The predicted molar refractivity (Wildman–Crippen MR) is 80.6 cm³/mol. The number of aromatic nitrogens is 1. The van der Waals surface area contributed by atoms with Crippen LogP contribution in [-0.2, 0) is 4.79 Å². The van der Waals surface area contributed by atoms with Crippen LogP contribution in [0, 0.1) is 6.92 Å². The van der Waals surface area contributed by atoms with E-state index in [1.807, 2.05) is 0 Å². The number of amides is 2. The van der Waals surface area contributed by atoms with Gasteiger partial charge in [0.2, 0.25) is 5.91 Å². The molecule has 20 heavy (non-hydrogen) atoms. The molecule has 2 N–H and O–H groups in total. The van der Waals surface area contributed by atoms with Gasteiger partial charge in [0.05, 0.1) is 0 Å². The minimum Gasteiger partial charge on any atom is -0.326 e. The van der Waals surface area contributed by atoms with Crippen molar-refractivity contribution in [2.45, 2.75) is 13.8 Å². The summed E-state index contributed by atoms with van der Waals surface area (Å²) >= 11 is 7.03. The standard InChI is InChI=1S/C13H12ClN3O2S/c1-7-11(17-13(14)20-7)12(19)16-10-5-3-9(4-6-10)15-8(2)18/h3-6H,1-2H3,(H,15,18)(H,16,19). The van der Waals surface area contributed by atoms with Crippen molar-refractivity contribution < 1.29 is 9.59 Å². The molecule has 0 unspecified atom stereocenters. The topological polar surface area (TPSA) is 71.1 Å². The first-order valence-electron chi connectivity index (χ1n) is 5.77. The van der Waals surface area contributed by atoms with Crippen molar-refractivity contribution in [1.82, 2.24) is 4.98 Å². The number of anilines is 2. The zero-order chi connectivity index (χ0) is 14.7. The highest BCUT2D eigenvalue weighted by Gasteiger charge is 2.14. The van der Waals surface area contributed by atoms with E-state index in [4.69, 9.17) is 11.6 Å². The van der Waals surface area contributed by atoms with Crippen molar-refractivity contribution in [2.24, 2.45) is 0 Å². The summed E-state index contributed by atoms with van der Waals surface area (Å²) in [6, 6.07) is 6.81. The highest BCUT2D eigenvalue weighted by Crippen LogP contribution is 2.22. The van der Waals surface area contributed by atoms with Crippen LogP contribution in [0.4, 0.5) is 11.4 Å². The quantitative estimate of drug-likeness (QED) is 0.913. The fraction of sp³-hybridized carbons (Fsp3) is 0.154. The van der Waals surface area contributed by atoms with E-state index < -0.39 is 0 Å². The van der Waals surface area contributed by atoms with Crippen LogP contribution in [-0.4, -0.2) is 16.8 Å². The molecular formula is C13H12ClN3O2S. The molecule has 0 saturated heterocycles. The third-order valence-corrected chi connectivity index (χ3v) is 3.52. The normalized spacial score (nSPS) is 10.2. The Hall–Kier alpha value is -1.92. The molecule has 0 atom stereocenters. The maximum atomic E-state index is 12.0. The molecule has 0 bridgehead atoms. The van der Waals surface area contributed by atoms with Gasteiger partial charge in [0.15, 0.2) is 4.47 Å². The van der Waals surface area contributed by atoms with Crippen LogP contribution in [0.15, 0.2) is 24.3 Å². The Morgan fingerprint density at radius 2 is 1.70 bits per heavy atom. The summed E-state index contributed by atoms with van der Waals surface area (Å²) in [6.07, 6.45) is 0. The summed E-state index contributed by atoms with van der Waals surface area (Å²) < 4.78 is 0.341. The second-order valence-electron chi connectivity index (χ2n) is 4.08. The second kappa shape index (κ2) is 6.02. The number of nitrogens with zero attached hydrogens (tertiary/aromatic N) is 1. The van der Waals surface area contributed by atoms with Crippen LogP contribution in [0.1, 0.15) is 22.3 Å². The van der Waals surface area contributed by atoms with Gasteiger partial charge < -0.3 is 10.6 Å². The van der Waals surface area contributed by atoms with Gasteiger partial charge >= 0.3 is 0 Å². The lowest BCUT2D eigenvalue weighted by atomic mass is 10.2. The predicted octanol–water partition coefficient (Wildman–Crippen LogP) is 3.32. The van der Waals surface area contributed by atoms with E-state index in [2.05, 4.69) is 15.6 Å².